The van der Waals surface area contributed by atoms with E-state index in [2.05, 4.69) is 13.8 Å². The molecule has 1 nitrogen and oxygen atoms in total. The Morgan fingerprint density at radius 2 is 1.79 bits per heavy atom. The van der Waals surface area contributed by atoms with E-state index < -0.39 is 11.6 Å². The summed E-state index contributed by atoms with van der Waals surface area (Å²) in [6, 6.07) is 2.20. The average Bonchev–Trinajstić information content (AvgIpc) is 2.36. The van der Waals surface area contributed by atoms with Gasteiger partial charge in [0.15, 0.2) is 0 Å². The number of rotatable bonds is 2. The Kier molecular flexibility index (Phi) is 4.24. The van der Waals surface area contributed by atoms with Crippen molar-refractivity contribution in [2.24, 2.45) is 23.5 Å². The molecule has 1 saturated carbocycles. The van der Waals surface area contributed by atoms with Gasteiger partial charge in [-0.3, -0.25) is 0 Å². The van der Waals surface area contributed by atoms with Gasteiger partial charge in [-0.15, -0.1) is 0 Å². The Labute approximate surface area is 114 Å². The molecule has 1 fully saturated rings. The van der Waals surface area contributed by atoms with Gasteiger partial charge in [0.05, 0.1) is 0 Å². The highest BCUT2D eigenvalue weighted by Crippen LogP contribution is 2.39. The van der Waals surface area contributed by atoms with Crippen LogP contribution in [0.3, 0.4) is 0 Å². The second-order valence-corrected chi connectivity index (χ2v) is 6.18. The quantitative estimate of drug-likeness (QED) is 0.847. The maximum Gasteiger partial charge on any atom is 0.130 e. The van der Waals surface area contributed by atoms with Crippen LogP contribution in [0.25, 0.3) is 0 Å². The molecule has 4 atom stereocenters. The molecule has 2 rings (SSSR count). The summed E-state index contributed by atoms with van der Waals surface area (Å²) in [5, 5.41) is 0. The minimum Gasteiger partial charge on any atom is -0.324 e. The van der Waals surface area contributed by atoms with E-state index in [4.69, 9.17) is 5.73 Å². The molecule has 19 heavy (non-hydrogen) atoms. The number of nitrogens with two attached hydrogens (primary N) is 1. The molecular weight excluding hydrogens is 244 g/mol. The number of benzene rings is 1. The zero-order chi connectivity index (χ0) is 14.2. The third-order valence-electron chi connectivity index (χ3n) is 4.78. The summed E-state index contributed by atoms with van der Waals surface area (Å²) >= 11 is 0. The van der Waals surface area contributed by atoms with E-state index in [-0.39, 0.29) is 6.04 Å². The van der Waals surface area contributed by atoms with Gasteiger partial charge in [0.1, 0.15) is 11.6 Å². The van der Waals surface area contributed by atoms with Gasteiger partial charge in [0, 0.05) is 17.7 Å². The highest BCUT2D eigenvalue weighted by Gasteiger charge is 2.30. The predicted molar refractivity (Wildman–Crippen MR) is 73.7 cm³/mol. The molecule has 0 saturated heterocycles. The van der Waals surface area contributed by atoms with Gasteiger partial charge in [-0.2, -0.15) is 0 Å². The van der Waals surface area contributed by atoms with Crippen LogP contribution < -0.4 is 5.73 Å². The first-order valence-electron chi connectivity index (χ1n) is 7.11. The maximum absolute atomic E-state index is 13.9. The molecule has 0 aromatic heterocycles. The van der Waals surface area contributed by atoms with Crippen LogP contribution in [0, 0.1) is 36.3 Å². The topological polar surface area (TPSA) is 26.0 Å². The fourth-order valence-corrected chi connectivity index (χ4v) is 3.10. The smallest absolute Gasteiger partial charge is 0.130 e. The van der Waals surface area contributed by atoms with Crippen molar-refractivity contribution in [3.8, 4) is 0 Å². The van der Waals surface area contributed by atoms with Crippen LogP contribution in [0.4, 0.5) is 8.78 Å². The van der Waals surface area contributed by atoms with Crippen molar-refractivity contribution in [2.45, 2.75) is 46.1 Å². The van der Waals surface area contributed by atoms with Crippen LogP contribution in [0.1, 0.15) is 50.3 Å². The fraction of sp³-hybridized carbons (Fsp3) is 0.625. The molecule has 0 heterocycles. The SMILES string of the molecule is Cc1cc(C(N)C2CCC(C)C(C)C2)c(F)cc1F. The lowest BCUT2D eigenvalue weighted by Crippen LogP contribution is -2.30. The number of halogens is 2. The fourth-order valence-electron chi connectivity index (χ4n) is 3.10. The minimum absolute atomic E-state index is 0.297. The molecule has 0 aliphatic heterocycles. The van der Waals surface area contributed by atoms with Crippen LogP contribution in [0.5, 0.6) is 0 Å². The van der Waals surface area contributed by atoms with Gasteiger partial charge in [-0.05, 0) is 49.1 Å². The lowest BCUT2D eigenvalue weighted by molar-refractivity contribution is 0.184. The van der Waals surface area contributed by atoms with Crippen LogP contribution in [-0.2, 0) is 0 Å². The van der Waals surface area contributed by atoms with Crippen molar-refractivity contribution in [1.29, 1.82) is 0 Å². The first kappa shape index (κ1) is 14.4. The molecular formula is C16H23F2N. The standard InChI is InChI=1S/C16H23F2N/c1-9-4-5-12(6-10(9)2)16(19)13-7-11(3)14(17)8-15(13)18/h7-10,12,16H,4-6,19H2,1-3H3. The molecule has 106 valence electrons. The van der Waals surface area contributed by atoms with Gasteiger partial charge in [-0.25, -0.2) is 8.78 Å². The van der Waals surface area contributed by atoms with Crippen molar-refractivity contribution in [3.05, 3.63) is 34.9 Å². The summed E-state index contributed by atoms with van der Waals surface area (Å²) in [4.78, 5) is 0. The van der Waals surface area contributed by atoms with E-state index in [1.807, 2.05) is 0 Å². The largest absolute Gasteiger partial charge is 0.324 e. The summed E-state index contributed by atoms with van der Waals surface area (Å²) < 4.78 is 27.2. The van der Waals surface area contributed by atoms with Crippen molar-refractivity contribution in [2.75, 3.05) is 0 Å². The molecule has 0 amide bonds. The summed E-state index contributed by atoms with van der Waals surface area (Å²) in [6.07, 6.45) is 3.20. The van der Waals surface area contributed by atoms with E-state index in [1.165, 1.54) is 0 Å². The lowest BCUT2D eigenvalue weighted by atomic mass is 9.72. The monoisotopic (exact) mass is 267 g/mol. The average molecular weight is 267 g/mol. The van der Waals surface area contributed by atoms with Crippen LogP contribution in [0.2, 0.25) is 0 Å². The van der Waals surface area contributed by atoms with Crippen molar-refractivity contribution < 1.29 is 8.78 Å². The van der Waals surface area contributed by atoms with Crippen LogP contribution in [-0.4, -0.2) is 0 Å². The van der Waals surface area contributed by atoms with E-state index in [9.17, 15) is 8.78 Å². The summed E-state index contributed by atoms with van der Waals surface area (Å²) in [5.41, 5.74) is 7.16. The third kappa shape index (κ3) is 2.97. The second-order valence-electron chi connectivity index (χ2n) is 6.18. The van der Waals surface area contributed by atoms with E-state index in [0.29, 0.717) is 28.9 Å². The molecule has 0 spiro atoms. The molecule has 4 unspecified atom stereocenters. The maximum atomic E-state index is 13.9. The van der Waals surface area contributed by atoms with Crippen molar-refractivity contribution in [1.82, 2.24) is 0 Å². The zero-order valence-electron chi connectivity index (χ0n) is 11.9. The van der Waals surface area contributed by atoms with Gasteiger partial charge in [0.25, 0.3) is 0 Å². The highest BCUT2D eigenvalue weighted by molar-refractivity contribution is 5.28. The Morgan fingerprint density at radius 3 is 2.42 bits per heavy atom. The molecule has 3 heteroatoms. The third-order valence-corrected chi connectivity index (χ3v) is 4.78. The van der Waals surface area contributed by atoms with E-state index in [0.717, 1.165) is 25.3 Å². The Balaban J connectivity index is 2.20. The summed E-state index contributed by atoms with van der Waals surface area (Å²) in [6.45, 7) is 6.14. The number of hydrogen-bond acceptors (Lipinski definition) is 1. The first-order valence-corrected chi connectivity index (χ1v) is 7.11. The lowest BCUT2D eigenvalue weighted by Gasteiger charge is -2.35. The Bertz CT molecular complexity index is 458. The van der Waals surface area contributed by atoms with Gasteiger partial charge in [0.2, 0.25) is 0 Å². The molecule has 0 bridgehead atoms. The Hall–Kier alpha value is -0.960. The molecule has 1 aliphatic rings. The van der Waals surface area contributed by atoms with Crippen LogP contribution >= 0.6 is 0 Å². The Morgan fingerprint density at radius 1 is 1.11 bits per heavy atom. The van der Waals surface area contributed by atoms with Crippen LogP contribution in [0.15, 0.2) is 12.1 Å². The zero-order valence-corrected chi connectivity index (χ0v) is 11.9. The summed E-state index contributed by atoms with van der Waals surface area (Å²) in [7, 11) is 0. The van der Waals surface area contributed by atoms with Gasteiger partial charge < -0.3 is 5.73 Å². The predicted octanol–water partition coefficient (Wildman–Crippen LogP) is 4.35. The number of aryl methyl sites for hydroxylation is 1. The van der Waals surface area contributed by atoms with Gasteiger partial charge >= 0.3 is 0 Å². The van der Waals surface area contributed by atoms with Crippen molar-refractivity contribution in [3.63, 3.8) is 0 Å². The highest BCUT2D eigenvalue weighted by atomic mass is 19.1. The molecule has 0 radical (unpaired) electrons. The first-order chi connectivity index (χ1) is 8.90. The molecule has 1 aliphatic carbocycles. The summed E-state index contributed by atoms with van der Waals surface area (Å²) in [5.74, 6) is 0.615. The van der Waals surface area contributed by atoms with E-state index >= 15 is 0 Å². The molecule has 1 aromatic rings. The molecule has 1 aromatic carbocycles. The van der Waals surface area contributed by atoms with E-state index in [1.54, 1.807) is 13.0 Å². The second kappa shape index (κ2) is 5.58. The van der Waals surface area contributed by atoms with Crippen molar-refractivity contribution >= 4 is 0 Å². The molecule has 2 N–H and O–H groups in total. The minimum atomic E-state index is -0.512. The normalized spacial score (nSPS) is 29.3. The van der Waals surface area contributed by atoms with Gasteiger partial charge in [-0.1, -0.05) is 20.3 Å². The number of hydrogen-bond donors (Lipinski definition) is 1.